The second-order valence-electron chi connectivity index (χ2n) is 7.79. The van der Waals surface area contributed by atoms with Crippen molar-refractivity contribution in [3.05, 3.63) is 89.8 Å². The number of benzene rings is 3. The van der Waals surface area contributed by atoms with E-state index in [-0.39, 0.29) is 11.8 Å². The standard InChI is InChI=1S/C26H21N3O2S/c27-17-19-7-1-5-11-23(19)32-24-12-6-2-8-20(24)26(30)29-15-13-18(14-16-29)25-28-21-9-3-4-10-22(21)31-25/h1-12,18H,13-16H2. The summed E-state index contributed by atoms with van der Waals surface area (Å²) in [5.41, 5.74) is 2.97. The minimum atomic E-state index is 0.0264. The lowest BCUT2D eigenvalue weighted by Crippen LogP contribution is -2.38. The van der Waals surface area contributed by atoms with Crippen LogP contribution in [0.5, 0.6) is 0 Å². The number of rotatable bonds is 4. The molecule has 2 heterocycles. The first-order chi connectivity index (χ1) is 15.7. The van der Waals surface area contributed by atoms with Gasteiger partial charge in [0.05, 0.1) is 11.1 Å². The Morgan fingerprint density at radius 3 is 2.44 bits per heavy atom. The van der Waals surface area contributed by atoms with Crippen LogP contribution in [0.15, 0.2) is 87.0 Å². The zero-order valence-electron chi connectivity index (χ0n) is 17.4. The molecule has 0 saturated carbocycles. The summed E-state index contributed by atoms with van der Waals surface area (Å²) < 4.78 is 5.95. The van der Waals surface area contributed by atoms with Crippen LogP contribution in [0, 0.1) is 11.3 Å². The fourth-order valence-corrected chi connectivity index (χ4v) is 5.08. The number of fused-ring (bicyclic) bond motifs is 1. The second-order valence-corrected chi connectivity index (χ2v) is 8.88. The van der Waals surface area contributed by atoms with Gasteiger partial charge in [0.1, 0.15) is 11.6 Å². The molecule has 3 aromatic carbocycles. The summed E-state index contributed by atoms with van der Waals surface area (Å²) in [5, 5.41) is 9.39. The maximum Gasteiger partial charge on any atom is 0.255 e. The lowest BCUT2D eigenvalue weighted by Gasteiger charge is -2.31. The van der Waals surface area contributed by atoms with Crippen molar-refractivity contribution in [2.24, 2.45) is 0 Å². The molecule has 32 heavy (non-hydrogen) atoms. The number of oxazole rings is 1. The van der Waals surface area contributed by atoms with Crippen molar-refractivity contribution in [2.75, 3.05) is 13.1 Å². The number of carbonyl (C=O) groups excluding carboxylic acids is 1. The highest BCUT2D eigenvalue weighted by Crippen LogP contribution is 2.35. The third-order valence-corrected chi connectivity index (χ3v) is 6.94. The van der Waals surface area contributed by atoms with Crippen LogP contribution in [-0.2, 0) is 0 Å². The molecule has 0 spiro atoms. The zero-order chi connectivity index (χ0) is 21.9. The number of nitriles is 1. The van der Waals surface area contributed by atoms with E-state index in [1.165, 1.54) is 11.8 Å². The Morgan fingerprint density at radius 2 is 1.66 bits per heavy atom. The predicted octanol–water partition coefficient (Wildman–Crippen LogP) is 5.87. The Hall–Kier alpha value is -3.56. The van der Waals surface area contributed by atoms with Gasteiger partial charge >= 0.3 is 0 Å². The van der Waals surface area contributed by atoms with Crippen LogP contribution < -0.4 is 0 Å². The maximum atomic E-state index is 13.4. The molecule has 5 rings (SSSR count). The van der Waals surface area contributed by atoms with Gasteiger partial charge in [0, 0.05) is 28.8 Å². The van der Waals surface area contributed by atoms with Gasteiger partial charge < -0.3 is 9.32 Å². The van der Waals surface area contributed by atoms with Gasteiger partial charge in [-0.05, 0) is 49.2 Å². The maximum absolute atomic E-state index is 13.4. The predicted molar refractivity (Wildman–Crippen MR) is 124 cm³/mol. The number of para-hydroxylation sites is 2. The normalized spacial score (nSPS) is 14.4. The highest BCUT2D eigenvalue weighted by molar-refractivity contribution is 7.99. The molecule has 1 saturated heterocycles. The monoisotopic (exact) mass is 439 g/mol. The molecule has 5 nitrogen and oxygen atoms in total. The van der Waals surface area contributed by atoms with Crippen molar-refractivity contribution in [3.8, 4) is 6.07 Å². The van der Waals surface area contributed by atoms with E-state index < -0.39 is 0 Å². The van der Waals surface area contributed by atoms with Crippen LogP contribution in [0.25, 0.3) is 11.1 Å². The molecule has 1 aromatic heterocycles. The third-order valence-electron chi connectivity index (χ3n) is 5.79. The average Bonchev–Trinajstić information content (AvgIpc) is 3.29. The number of aromatic nitrogens is 1. The molecule has 1 amide bonds. The fraction of sp³-hybridized carbons (Fsp3) is 0.192. The van der Waals surface area contributed by atoms with E-state index in [0.29, 0.717) is 24.2 Å². The van der Waals surface area contributed by atoms with Crippen molar-refractivity contribution in [1.82, 2.24) is 9.88 Å². The molecule has 1 aliphatic rings. The molecule has 0 N–H and O–H groups in total. The first kappa shape index (κ1) is 20.3. The molecule has 0 atom stereocenters. The molecule has 0 bridgehead atoms. The smallest absolute Gasteiger partial charge is 0.255 e. The van der Waals surface area contributed by atoms with Crippen molar-refractivity contribution in [2.45, 2.75) is 28.6 Å². The van der Waals surface area contributed by atoms with Crippen molar-refractivity contribution in [1.29, 1.82) is 5.26 Å². The van der Waals surface area contributed by atoms with Gasteiger partial charge in [-0.1, -0.05) is 48.2 Å². The summed E-state index contributed by atoms with van der Waals surface area (Å²) in [6.07, 6.45) is 1.65. The zero-order valence-corrected chi connectivity index (χ0v) is 18.2. The number of carbonyl (C=O) groups is 1. The van der Waals surface area contributed by atoms with Gasteiger partial charge in [-0.25, -0.2) is 4.98 Å². The number of hydrogen-bond acceptors (Lipinski definition) is 5. The van der Waals surface area contributed by atoms with E-state index in [1.807, 2.05) is 71.6 Å². The van der Waals surface area contributed by atoms with E-state index in [1.54, 1.807) is 6.07 Å². The fourth-order valence-electron chi connectivity index (χ4n) is 4.06. The Kier molecular flexibility index (Phi) is 5.66. The van der Waals surface area contributed by atoms with Gasteiger partial charge in [0.25, 0.3) is 5.91 Å². The summed E-state index contributed by atoms with van der Waals surface area (Å²) in [6, 6.07) is 25.1. The average molecular weight is 440 g/mol. The minimum Gasteiger partial charge on any atom is -0.440 e. The first-order valence-electron chi connectivity index (χ1n) is 10.6. The first-order valence-corrected chi connectivity index (χ1v) is 11.5. The molecule has 6 heteroatoms. The summed E-state index contributed by atoms with van der Waals surface area (Å²) >= 11 is 1.46. The molecule has 4 aromatic rings. The SMILES string of the molecule is N#Cc1ccccc1Sc1ccccc1C(=O)N1CCC(c2nc3ccccc3o2)CC1. The Labute approximate surface area is 190 Å². The quantitative estimate of drug-likeness (QED) is 0.398. The molecule has 0 aliphatic carbocycles. The number of nitrogens with zero attached hydrogens (tertiary/aromatic N) is 3. The summed E-state index contributed by atoms with van der Waals surface area (Å²) in [7, 11) is 0. The molecule has 0 unspecified atom stereocenters. The molecule has 158 valence electrons. The van der Waals surface area contributed by atoms with Crippen LogP contribution in [0.1, 0.15) is 40.6 Å². The largest absolute Gasteiger partial charge is 0.440 e. The molecule has 0 radical (unpaired) electrons. The topological polar surface area (TPSA) is 70.1 Å². The summed E-state index contributed by atoms with van der Waals surface area (Å²) in [5.74, 6) is 1.01. The van der Waals surface area contributed by atoms with Crippen LogP contribution in [0.3, 0.4) is 0 Å². The van der Waals surface area contributed by atoms with Gasteiger partial charge in [0.2, 0.25) is 0 Å². The van der Waals surface area contributed by atoms with Crippen LogP contribution in [-0.4, -0.2) is 28.9 Å². The van der Waals surface area contributed by atoms with E-state index in [0.717, 1.165) is 39.6 Å². The number of piperidine rings is 1. The van der Waals surface area contributed by atoms with E-state index in [9.17, 15) is 10.1 Å². The molecule has 1 aliphatic heterocycles. The summed E-state index contributed by atoms with van der Waals surface area (Å²) in [6.45, 7) is 1.33. The second kappa shape index (κ2) is 8.89. The van der Waals surface area contributed by atoms with Crippen molar-refractivity contribution >= 4 is 28.8 Å². The number of likely N-dealkylation sites (tertiary alicyclic amines) is 1. The molecule has 1 fully saturated rings. The highest BCUT2D eigenvalue weighted by atomic mass is 32.2. The van der Waals surface area contributed by atoms with Gasteiger partial charge in [-0.3, -0.25) is 4.79 Å². The van der Waals surface area contributed by atoms with Gasteiger partial charge in [-0.2, -0.15) is 5.26 Å². The third kappa shape index (κ3) is 4.00. The minimum absolute atomic E-state index is 0.0264. The van der Waals surface area contributed by atoms with Crippen LogP contribution >= 0.6 is 11.8 Å². The van der Waals surface area contributed by atoms with Gasteiger partial charge in [-0.15, -0.1) is 0 Å². The van der Waals surface area contributed by atoms with E-state index in [4.69, 9.17) is 4.42 Å². The van der Waals surface area contributed by atoms with Gasteiger partial charge in [0.15, 0.2) is 11.5 Å². The lowest BCUT2D eigenvalue weighted by molar-refractivity contribution is 0.0703. The lowest BCUT2D eigenvalue weighted by atomic mass is 9.96. The number of hydrogen-bond donors (Lipinski definition) is 0. The van der Waals surface area contributed by atoms with E-state index in [2.05, 4.69) is 11.1 Å². The Bertz CT molecular complexity index is 1280. The van der Waals surface area contributed by atoms with Crippen molar-refractivity contribution in [3.63, 3.8) is 0 Å². The van der Waals surface area contributed by atoms with Crippen molar-refractivity contribution < 1.29 is 9.21 Å². The van der Waals surface area contributed by atoms with E-state index >= 15 is 0 Å². The highest BCUT2D eigenvalue weighted by Gasteiger charge is 2.28. The van der Waals surface area contributed by atoms with Crippen LogP contribution in [0.4, 0.5) is 0 Å². The Balaban J connectivity index is 1.31. The molecular formula is C26H21N3O2S. The van der Waals surface area contributed by atoms with Crippen LogP contribution in [0.2, 0.25) is 0 Å². The molecular weight excluding hydrogens is 418 g/mol. The summed E-state index contributed by atoms with van der Waals surface area (Å²) in [4.78, 5) is 21.6. The number of amides is 1. The Morgan fingerprint density at radius 1 is 0.969 bits per heavy atom.